The lowest BCUT2D eigenvalue weighted by Gasteiger charge is -2.20. The number of aromatic nitrogens is 1. The molecule has 0 aliphatic rings. The van der Waals surface area contributed by atoms with Crippen molar-refractivity contribution in [3.8, 4) is 11.1 Å². The van der Waals surface area contributed by atoms with Crippen molar-refractivity contribution < 1.29 is 9.18 Å². The maximum absolute atomic E-state index is 13.4. The second-order valence-corrected chi connectivity index (χ2v) is 7.88. The summed E-state index contributed by atoms with van der Waals surface area (Å²) in [7, 11) is 1.70. The number of halogens is 1. The Hall–Kier alpha value is -4.19. The number of fused-ring (bicyclic) bond motifs is 1. The number of nitrogens with zero attached hydrogens (tertiary/aromatic N) is 1. The molecule has 0 saturated heterocycles. The Kier molecular flexibility index (Phi) is 6.09. The summed E-state index contributed by atoms with van der Waals surface area (Å²) in [4.78, 5) is 25.5. The van der Waals surface area contributed by atoms with Crippen LogP contribution in [0.4, 0.5) is 21.5 Å². The molecular formula is C27H24FN3O2. The lowest BCUT2D eigenvalue weighted by Crippen LogP contribution is -2.20. The van der Waals surface area contributed by atoms with E-state index < -0.39 is 0 Å². The molecule has 1 unspecified atom stereocenters. The van der Waals surface area contributed by atoms with Crippen molar-refractivity contribution in [3.05, 3.63) is 102 Å². The molecule has 0 aliphatic heterocycles. The van der Waals surface area contributed by atoms with Crippen LogP contribution in [-0.4, -0.2) is 10.5 Å². The van der Waals surface area contributed by atoms with Gasteiger partial charge in [0.25, 0.3) is 5.56 Å². The van der Waals surface area contributed by atoms with Crippen molar-refractivity contribution in [1.29, 1.82) is 0 Å². The zero-order valence-corrected chi connectivity index (χ0v) is 18.4. The van der Waals surface area contributed by atoms with Crippen molar-refractivity contribution in [2.75, 3.05) is 10.6 Å². The average molecular weight is 442 g/mol. The Labute approximate surface area is 191 Å². The summed E-state index contributed by atoms with van der Waals surface area (Å²) in [5.41, 5.74) is 3.37. The Balaban J connectivity index is 1.96. The standard InChI is InChI=1S/C27H24FN3O2/c1-4-17(2)26(32)30-24-11-7-10-23(29-19-14-12-18(28)13-15-19)25(24)22-16-31(3)27(33)21-9-6-5-8-20(21)22/h4-17,29H,1H2,2-3H3,(H,30,32). The van der Waals surface area contributed by atoms with Gasteiger partial charge in [0, 0.05) is 41.1 Å². The number of benzene rings is 3. The van der Waals surface area contributed by atoms with E-state index in [2.05, 4.69) is 17.2 Å². The van der Waals surface area contributed by atoms with E-state index in [4.69, 9.17) is 0 Å². The molecule has 0 fully saturated rings. The van der Waals surface area contributed by atoms with E-state index in [0.717, 1.165) is 16.5 Å². The highest BCUT2D eigenvalue weighted by atomic mass is 19.1. The van der Waals surface area contributed by atoms with Gasteiger partial charge in [-0.05, 0) is 47.9 Å². The fourth-order valence-electron chi connectivity index (χ4n) is 3.71. The molecule has 1 atom stereocenters. The fourth-order valence-corrected chi connectivity index (χ4v) is 3.71. The Bertz CT molecular complexity index is 1410. The number of aryl methyl sites for hydroxylation is 1. The Morgan fingerprint density at radius 2 is 1.67 bits per heavy atom. The summed E-state index contributed by atoms with van der Waals surface area (Å²) >= 11 is 0. The van der Waals surface area contributed by atoms with Crippen LogP contribution in [0, 0.1) is 11.7 Å². The van der Waals surface area contributed by atoms with Crippen LogP contribution in [0.2, 0.25) is 0 Å². The highest BCUT2D eigenvalue weighted by Gasteiger charge is 2.19. The molecule has 4 aromatic rings. The minimum Gasteiger partial charge on any atom is -0.355 e. The van der Waals surface area contributed by atoms with Crippen molar-refractivity contribution in [3.63, 3.8) is 0 Å². The van der Waals surface area contributed by atoms with Gasteiger partial charge in [-0.25, -0.2) is 4.39 Å². The molecule has 5 nitrogen and oxygen atoms in total. The van der Waals surface area contributed by atoms with E-state index in [1.807, 2.05) is 36.4 Å². The van der Waals surface area contributed by atoms with Crippen LogP contribution in [0.15, 0.2) is 90.4 Å². The monoisotopic (exact) mass is 441 g/mol. The molecule has 0 bridgehead atoms. The predicted octanol–water partition coefficient (Wildman–Crippen LogP) is 5.85. The summed E-state index contributed by atoms with van der Waals surface area (Å²) in [5.74, 6) is -0.910. The van der Waals surface area contributed by atoms with Gasteiger partial charge in [-0.1, -0.05) is 37.3 Å². The molecule has 3 aromatic carbocycles. The van der Waals surface area contributed by atoms with E-state index in [9.17, 15) is 14.0 Å². The minimum atomic E-state index is -0.386. The van der Waals surface area contributed by atoms with Crippen molar-refractivity contribution in [2.45, 2.75) is 6.92 Å². The highest BCUT2D eigenvalue weighted by molar-refractivity contribution is 6.06. The minimum absolute atomic E-state index is 0.107. The van der Waals surface area contributed by atoms with E-state index >= 15 is 0 Å². The summed E-state index contributed by atoms with van der Waals surface area (Å²) < 4.78 is 15.0. The van der Waals surface area contributed by atoms with Gasteiger partial charge in [-0.15, -0.1) is 6.58 Å². The number of carbonyl (C=O) groups is 1. The molecule has 1 amide bonds. The fraction of sp³-hybridized carbons (Fsp3) is 0.111. The van der Waals surface area contributed by atoms with Crippen molar-refractivity contribution in [1.82, 2.24) is 4.57 Å². The molecule has 1 heterocycles. The van der Waals surface area contributed by atoms with Crippen LogP contribution in [0.5, 0.6) is 0 Å². The van der Waals surface area contributed by atoms with Crippen LogP contribution in [0.25, 0.3) is 21.9 Å². The van der Waals surface area contributed by atoms with Crippen LogP contribution in [0.1, 0.15) is 6.92 Å². The zero-order valence-electron chi connectivity index (χ0n) is 18.4. The van der Waals surface area contributed by atoms with Gasteiger partial charge in [0.1, 0.15) is 5.82 Å². The van der Waals surface area contributed by atoms with Crippen LogP contribution < -0.4 is 16.2 Å². The molecule has 0 aliphatic carbocycles. The lowest BCUT2D eigenvalue weighted by atomic mass is 9.96. The third kappa shape index (κ3) is 4.41. The number of nitrogens with one attached hydrogen (secondary N) is 2. The molecule has 0 radical (unpaired) electrons. The number of pyridine rings is 1. The smallest absolute Gasteiger partial charge is 0.258 e. The van der Waals surface area contributed by atoms with Gasteiger partial charge in [0.2, 0.25) is 5.91 Å². The first-order chi connectivity index (χ1) is 15.9. The molecule has 6 heteroatoms. The van der Waals surface area contributed by atoms with Gasteiger partial charge in [0.15, 0.2) is 0 Å². The third-order valence-electron chi connectivity index (χ3n) is 5.57. The van der Waals surface area contributed by atoms with E-state index in [1.54, 1.807) is 44.4 Å². The van der Waals surface area contributed by atoms with Gasteiger partial charge < -0.3 is 15.2 Å². The highest BCUT2D eigenvalue weighted by Crippen LogP contribution is 2.40. The molecule has 166 valence electrons. The van der Waals surface area contributed by atoms with E-state index in [-0.39, 0.29) is 23.2 Å². The number of hydrogen-bond acceptors (Lipinski definition) is 3. The van der Waals surface area contributed by atoms with E-state index in [0.29, 0.717) is 22.4 Å². The first-order valence-electron chi connectivity index (χ1n) is 10.6. The quantitative estimate of drug-likeness (QED) is 0.369. The summed E-state index contributed by atoms with van der Waals surface area (Å²) in [5, 5.41) is 7.66. The van der Waals surface area contributed by atoms with Gasteiger partial charge >= 0.3 is 0 Å². The zero-order chi connectivity index (χ0) is 23.5. The Morgan fingerprint density at radius 3 is 2.36 bits per heavy atom. The third-order valence-corrected chi connectivity index (χ3v) is 5.57. The van der Waals surface area contributed by atoms with Gasteiger partial charge in [0.05, 0.1) is 11.6 Å². The number of hydrogen-bond donors (Lipinski definition) is 2. The first kappa shape index (κ1) is 22.0. The molecule has 4 rings (SSSR count). The lowest BCUT2D eigenvalue weighted by molar-refractivity contribution is -0.118. The SMILES string of the molecule is C=CC(C)C(=O)Nc1cccc(Nc2ccc(F)cc2)c1-c1cn(C)c(=O)c2ccccc12. The van der Waals surface area contributed by atoms with Crippen LogP contribution >= 0.6 is 0 Å². The predicted molar refractivity (Wildman–Crippen MR) is 132 cm³/mol. The normalized spacial score (nSPS) is 11.7. The maximum Gasteiger partial charge on any atom is 0.258 e. The molecule has 2 N–H and O–H groups in total. The second kappa shape index (κ2) is 9.12. The number of carbonyl (C=O) groups excluding carboxylic acids is 1. The van der Waals surface area contributed by atoms with Crippen molar-refractivity contribution >= 4 is 33.7 Å². The molecule has 0 spiro atoms. The molecule has 0 saturated carbocycles. The molecule has 33 heavy (non-hydrogen) atoms. The van der Waals surface area contributed by atoms with Crippen LogP contribution in [0.3, 0.4) is 0 Å². The Morgan fingerprint density at radius 1 is 1.00 bits per heavy atom. The molecular weight excluding hydrogens is 417 g/mol. The average Bonchev–Trinajstić information content (AvgIpc) is 2.83. The van der Waals surface area contributed by atoms with Gasteiger partial charge in [-0.2, -0.15) is 0 Å². The maximum atomic E-state index is 13.4. The largest absolute Gasteiger partial charge is 0.355 e. The molecule has 1 aromatic heterocycles. The van der Waals surface area contributed by atoms with Crippen LogP contribution in [-0.2, 0) is 11.8 Å². The summed E-state index contributed by atoms with van der Waals surface area (Å²) in [6.07, 6.45) is 3.35. The summed E-state index contributed by atoms with van der Waals surface area (Å²) in [6, 6.07) is 18.9. The van der Waals surface area contributed by atoms with Gasteiger partial charge in [-0.3, -0.25) is 9.59 Å². The van der Waals surface area contributed by atoms with E-state index in [1.165, 1.54) is 16.7 Å². The number of rotatable bonds is 6. The summed E-state index contributed by atoms with van der Waals surface area (Å²) in [6.45, 7) is 5.47. The number of anilines is 3. The topological polar surface area (TPSA) is 63.1 Å². The number of amides is 1. The van der Waals surface area contributed by atoms with Crippen molar-refractivity contribution in [2.24, 2.45) is 13.0 Å². The first-order valence-corrected chi connectivity index (χ1v) is 10.6. The second-order valence-electron chi connectivity index (χ2n) is 7.88.